The highest BCUT2D eigenvalue weighted by atomic mass is 16.8. The summed E-state index contributed by atoms with van der Waals surface area (Å²) >= 11 is 0. The monoisotopic (exact) mass is 1140 g/mol. The summed E-state index contributed by atoms with van der Waals surface area (Å²) in [4.78, 5) is 28.1. The van der Waals surface area contributed by atoms with Crippen LogP contribution in [0.3, 0.4) is 0 Å². The van der Waals surface area contributed by atoms with Gasteiger partial charge in [-0.25, -0.2) is 0 Å². The number of aliphatic hydroxyl groups is 9. The highest BCUT2D eigenvalue weighted by molar-refractivity contribution is 5.70. The smallest absolute Gasteiger partial charge is 0.306 e. The molecule has 6 saturated heterocycles. The Morgan fingerprint density at radius 1 is 0.443 bits per heavy atom. The van der Waals surface area contributed by atoms with E-state index in [1.165, 1.54) is 20.8 Å². The summed E-state index contributed by atoms with van der Waals surface area (Å²) in [7, 11) is 0. The average molecular weight is 1140 g/mol. The van der Waals surface area contributed by atoms with Gasteiger partial charge >= 0.3 is 11.9 Å². The second-order valence-corrected chi connectivity index (χ2v) is 22.9. The van der Waals surface area contributed by atoms with Crippen molar-refractivity contribution >= 4 is 11.9 Å². The van der Waals surface area contributed by atoms with Crippen LogP contribution in [0, 0.1) is 0 Å². The number of carbonyl (C=O) groups is 2. The fraction of sp³-hybridized carbons (Fsp3) is 0.964. The molecule has 6 aliphatic rings. The van der Waals surface area contributed by atoms with Gasteiger partial charge in [0.2, 0.25) is 0 Å². The molecule has 6 aliphatic heterocycles. The first-order valence-electron chi connectivity index (χ1n) is 29.8. The number of esters is 2. The third-order valence-corrected chi connectivity index (χ3v) is 16.4. The molecule has 0 saturated carbocycles. The van der Waals surface area contributed by atoms with E-state index in [1.807, 2.05) is 0 Å². The predicted octanol–water partition coefficient (Wildman–Crippen LogP) is 2.95. The van der Waals surface area contributed by atoms with Crippen LogP contribution in [-0.2, 0) is 66.4 Å². The summed E-state index contributed by atoms with van der Waals surface area (Å²) in [6, 6.07) is 0. The molecule has 0 aliphatic carbocycles. The SMILES string of the molecule is CCCCCCCCCC(=O)O[C@H]1[C@H](O[C@@H]2[C@H]3OC(=O)CCCCCCCCC[C@H](CCCCC)O[C@@H]4O[C@H](C)[C@H](O)[C@H](O)[C@H]4O[C@H](O[C@H]2C)[C@@H]3O)O[C@@H](C)[C@H](O[C@@H]2O[C@@H](C)[C@H](O)[C@@H](O)[C@H]2O)[C@H]1O[C@H]1O[C@@H](C)[C@H](O)[C@@H](O)[C@H]1O. The molecular weight excluding hydrogens is 1040 g/mol. The zero-order chi connectivity index (χ0) is 57.5. The molecule has 6 rings (SSSR count). The predicted molar refractivity (Wildman–Crippen MR) is 278 cm³/mol. The van der Waals surface area contributed by atoms with Crippen molar-refractivity contribution < 1.29 is 112 Å². The van der Waals surface area contributed by atoms with Gasteiger partial charge < -0.3 is 103 Å². The first-order chi connectivity index (χ1) is 37.7. The molecule has 0 aromatic rings. The standard InChI is InChI=1S/C56H98O23/c1-8-10-12-13-15-19-24-28-36(58)75-51-50(79-53-44(66)41(63)38(60)30(4)69-53)47(76-52-43(65)40(62)37(59)29(3)68-52)33(7)72-56(51)77-46-32(6)71-54-45(67)48(46)74-35(57)27-23-20-17-14-16-18-22-26-34(25-21-11-9-2)73-55-49(78-54)42(64)39(61)31(5)70-55/h29-34,37-56,59-67H,8-28H2,1-7H3/t29-,30-,31+,32-,33-,34-,37-,38-,39-,40+,41+,42-,43+,44+,45+,46-,47-,48-,49+,50+,51+,52-,53+,54-,55-,56-/m0/s1. The topological polar surface area (TPSA) is 327 Å². The molecule has 0 amide bonds. The van der Waals surface area contributed by atoms with E-state index in [0.717, 1.165) is 103 Å². The highest BCUT2D eigenvalue weighted by Gasteiger charge is 2.58. The minimum Gasteiger partial charge on any atom is -0.456 e. The van der Waals surface area contributed by atoms with Crippen molar-refractivity contribution in [3.63, 3.8) is 0 Å². The maximum atomic E-state index is 14.1. The van der Waals surface area contributed by atoms with Gasteiger partial charge in [0.15, 0.2) is 43.7 Å². The van der Waals surface area contributed by atoms with Crippen molar-refractivity contribution in [3.05, 3.63) is 0 Å². The number of ether oxygens (including phenoxy) is 12. The molecule has 460 valence electrons. The molecule has 0 radical (unpaired) electrons. The van der Waals surface area contributed by atoms with Gasteiger partial charge in [-0.2, -0.15) is 0 Å². The largest absolute Gasteiger partial charge is 0.456 e. The molecule has 26 atom stereocenters. The Hall–Kier alpha value is -1.82. The van der Waals surface area contributed by atoms with Crippen molar-refractivity contribution in [1.82, 2.24) is 0 Å². The summed E-state index contributed by atoms with van der Waals surface area (Å²) in [5.41, 5.74) is 0. The number of hydrogen-bond donors (Lipinski definition) is 9. The Bertz CT molecular complexity index is 1770. The number of aliphatic hydroxyl groups excluding tert-OH is 9. The first-order valence-corrected chi connectivity index (χ1v) is 29.8. The van der Waals surface area contributed by atoms with E-state index in [0.29, 0.717) is 19.3 Å². The summed E-state index contributed by atoms with van der Waals surface area (Å²) in [5.74, 6) is -1.41. The number of rotatable bonds is 19. The van der Waals surface area contributed by atoms with Gasteiger partial charge in [0.1, 0.15) is 79.4 Å². The molecule has 0 aromatic carbocycles. The van der Waals surface area contributed by atoms with Crippen molar-refractivity contribution in [2.75, 3.05) is 0 Å². The van der Waals surface area contributed by atoms with Crippen molar-refractivity contribution in [2.24, 2.45) is 0 Å². The summed E-state index contributed by atoms with van der Waals surface area (Å²) < 4.78 is 75.9. The van der Waals surface area contributed by atoms with Gasteiger partial charge in [0, 0.05) is 12.8 Å². The molecule has 23 heteroatoms. The highest BCUT2D eigenvalue weighted by Crippen LogP contribution is 2.39. The van der Waals surface area contributed by atoms with Crippen molar-refractivity contribution in [2.45, 2.75) is 343 Å². The molecule has 79 heavy (non-hydrogen) atoms. The molecule has 0 aromatic heterocycles. The quantitative estimate of drug-likeness (QED) is 0.0663. The van der Waals surface area contributed by atoms with E-state index in [1.54, 1.807) is 13.8 Å². The molecule has 0 unspecified atom stereocenters. The second-order valence-electron chi connectivity index (χ2n) is 22.9. The molecule has 2 bridgehead atoms. The Labute approximate surface area is 466 Å². The normalized spacial score (nSPS) is 44.3. The molecule has 0 spiro atoms. The number of hydrogen-bond acceptors (Lipinski definition) is 23. The molecule has 9 N–H and O–H groups in total. The van der Waals surface area contributed by atoms with Gasteiger partial charge in [-0.1, -0.05) is 110 Å². The summed E-state index contributed by atoms with van der Waals surface area (Å²) in [6.45, 7) is 11.8. The van der Waals surface area contributed by atoms with E-state index in [-0.39, 0.29) is 18.9 Å². The summed E-state index contributed by atoms with van der Waals surface area (Å²) in [6.07, 6.45) is -21.5. The van der Waals surface area contributed by atoms with E-state index in [4.69, 9.17) is 56.8 Å². The van der Waals surface area contributed by atoms with Gasteiger partial charge in [-0.05, 0) is 60.3 Å². The van der Waals surface area contributed by atoms with Crippen LogP contribution >= 0.6 is 0 Å². The van der Waals surface area contributed by atoms with Crippen LogP contribution < -0.4 is 0 Å². The van der Waals surface area contributed by atoms with E-state index in [2.05, 4.69) is 13.8 Å². The lowest BCUT2D eigenvalue weighted by atomic mass is 9.95. The number of unbranched alkanes of at least 4 members (excludes halogenated alkanes) is 8. The van der Waals surface area contributed by atoms with Crippen LogP contribution in [0.2, 0.25) is 0 Å². The van der Waals surface area contributed by atoms with Gasteiger partial charge in [0.25, 0.3) is 0 Å². The van der Waals surface area contributed by atoms with E-state index < -0.39 is 165 Å². The first kappa shape index (κ1) is 66.3. The Morgan fingerprint density at radius 2 is 0.937 bits per heavy atom. The minimum atomic E-state index is -1.88. The minimum absolute atomic E-state index is 0.0157. The van der Waals surface area contributed by atoms with Crippen molar-refractivity contribution in [3.8, 4) is 0 Å². The van der Waals surface area contributed by atoms with Crippen LogP contribution in [0.4, 0.5) is 0 Å². The van der Waals surface area contributed by atoms with Crippen LogP contribution in [-0.4, -0.2) is 218 Å². The lowest BCUT2D eigenvalue weighted by molar-refractivity contribution is -0.399. The van der Waals surface area contributed by atoms with Crippen LogP contribution in [0.1, 0.15) is 183 Å². The second kappa shape index (κ2) is 32.5. The average Bonchev–Trinajstić information content (AvgIpc) is 3.43. The third-order valence-electron chi connectivity index (χ3n) is 16.4. The maximum absolute atomic E-state index is 14.1. The van der Waals surface area contributed by atoms with Gasteiger partial charge in [-0.3, -0.25) is 9.59 Å². The van der Waals surface area contributed by atoms with Crippen LogP contribution in [0.15, 0.2) is 0 Å². The van der Waals surface area contributed by atoms with Gasteiger partial charge in [0.05, 0.1) is 36.6 Å². The zero-order valence-corrected chi connectivity index (χ0v) is 47.6. The third kappa shape index (κ3) is 18.1. The lowest BCUT2D eigenvalue weighted by Gasteiger charge is -2.51. The Morgan fingerprint density at radius 3 is 1.57 bits per heavy atom. The fourth-order valence-electron chi connectivity index (χ4n) is 11.4. The molecule has 6 fully saturated rings. The van der Waals surface area contributed by atoms with Gasteiger partial charge in [-0.15, -0.1) is 0 Å². The van der Waals surface area contributed by atoms with E-state index >= 15 is 0 Å². The van der Waals surface area contributed by atoms with E-state index in [9.17, 15) is 55.5 Å². The number of carbonyl (C=O) groups excluding carboxylic acids is 2. The molecular formula is C56H98O23. The Kier molecular flexibility index (Phi) is 27.2. The lowest BCUT2D eigenvalue weighted by Crippen LogP contribution is -2.68. The maximum Gasteiger partial charge on any atom is 0.306 e. The fourth-order valence-corrected chi connectivity index (χ4v) is 11.4. The molecule has 6 heterocycles. The summed E-state index contributed by atoms with van der Waals surface area (Å²) in [5, 5.41) is 101. The zero-order valence-electron chi connectivity index (χ0n) is 47.6. The van der Waals surface area contributed by atoms with Crippen LogP contribution in [0.25, 0.3) is 0 Å². The van der Waals surface area contributed by atoms with Crippen LogP contribution in [0.5, 0.6) is 0 Å². The Balaban J connectivity index is 1.35. The van der Waals surface area contributed by atoms with Crippen molar-refractivity contribution in [1.29, 1.82) is 0 Å². The molecule has 23 nitrogen and oxygen atoms in total. The number of fused-ring (bicyclic) bond motifs is 3.